The number of ether oxygens (including phenoxy) is 5. The topological polar surface area (TPSA) is 107 Å². The molecular weight excluding hydrogens is 308 g/mol. The highest BCUT2D eigenvalue weighted by Gasteiger charge is 2.61. The molecule has 3 N–H and O–H groups in total. The molecule has 8 nitrogen and oxygen atoms in total. The van der Waals surface area contributed by atoms with Crippen LogP contribution in [-0.2, 0) is 23.7 Å². The second-order valence-electron chi connectivity index (χ2n) is 7.27. The third kappa shape index (κ3) is 3.40. The van der Waals surface area contributed by atoms with E-state index in [0.717, 1.165) is 0 Å². The van der Waals surface area contributed by atoms with Gasteiger partial charge in [0, 0.05) is 6.42 Å². The van der Waals surface area contributed by atoms with Gasteiger partial charge in [-0.05, 0) is 27.7 Å². The van der Waals surface area contributed by atoms with Crippen LogP contribution in [0.15, 0.2) is 0 Å². The molecule has 3 heterocycles. The summed E-state index contributed by atoms with van der Waals surface area (Å²) in [7, 11) is 0. The molecule has 23 heavy (non-hydrogen) atoms. The predicted octanol–water partition coefficient (Wildman–Crippen LogP) is -0.513. The molecule has 8 heteroatoms. The Morgan fingerprint density at radius 2 is 1.43 bits per heavy atom. The highest BCUT2D eigenvalue weighted by Crippen LogP contribution is 2.44. The van der Waals surface area contributed by atoms with E-state index in [0.29, 0.717) is 0 Å². The second-order valence-corrected chi connectivity index (χ2v) is 7.27. The second kappa shape index (κ2) is 5.89. The zero-order valence-corrected chi connectivity index (χ0v) is 13.8. The van der Waals surface area contributed by atoms with Gasteiger partial charge >= 0.3 is 0 Å². The largest absolute Gasteiger partial charge is 0.394 e. The van der Waals surface area contributed by atoms with Gasteiger partial charge in [0.15, 0.2) is 17.9 Å². The van der Waals surface area contributed by atoms with Gasteiger partial charge in [-0.1, -0.05) is 0 Å². The molecule has 0 aromatic carbocycles. The fourth-order valence-electron chi connectivity index (χ4n) is 3.44. The quantitative estimate of drug-likeness (QED) is 0.631. The molecule has 3 fully saturated rings. The van der Waals surface area contributed by atoms with Crippen molar-refractivity contribution >= 4 is 0 Å². The highest BCUT2D eigenvalue weighted by atomic mass is 16.9. The molecule has 0 aromatic rings. The van der Waals surface area contributed by atoms with Gasteiger partial charge < -0.3 is 39.0 Å². The van der Waals surface area contributed by atoms with Gasteiger partial charge in [-0.15, -0.1) is 0 Å². The Labute approximate surface area is 135 Å². The van der Waals surface area contributed by atoms with Gasteiger partial charge in [-0.3, -0.25) is 0 Å². The van der Waals surface area contributed by atoms with E-state index >= 15 is 0 Å². The number of fused-ring (bicyclic) bond motifs is 3. The molecule has 3 aliphatic rings. The molecular formula is C15H26O8. The van der Waals surface area contributed by atoms with Crippen LogP contribution < -0.4 is 0 Å². The Morgan fingerprint density at radius 3 is 2.09 bits per heavy atom. The molecule has 7 atom stereocenters. The third-order valence-electron chi connectivity index (χ3n) is 4.29. The van der Waals surface area contributed by atoms with Gasteiger partial charge in [-0.2, -0.15) is 0 Å². The SMILES string of the molecule is CC1(C)O[C@@H]2[C@H](O1)[C@H]1OC(C)(C)O[C@H]1O[C@@H]2[C@H](O)C[C@H](O)CO. The fourth-order valence-corrected chi connectivity index (χ4v) is 3.44. The number of hydrogen-bond donors (Lipinski definition) is 3. The van der Waals surface area contributed by atoms with Crippen molar-refractivity contribution in [3.63, 3.8) is 0 Å². The Morgan fingerprint density at radius 1 is 0.870 bits per heavy atom. The average Bonchev–Trinajstić information content (AvgIpc) is 2.91. The number of hydrogen-bond acceptors (Lipinski definition) is 8. The van der Waals surface area contributed by atoms with Gasteiger partial charge in [0.2, 0.25) is 0 Å². The van der Waals surface area contributed by atoms with Crippen molar-refractivity contribution in [3.8, 4) is 0 Å². The summed E-state index contributed by atoms with van der Waals surface area (Å²) in [5.41, 5.74) is 0. The Bertz CT molecular complexity index is 439. The van der Waals surface area contributed by atoms with E-state index in [1.54, 1.807) is 27.7 Å². The van der Waals surface area contributed by atoms with Crippen LogP contribution in [0.1, 0.15) is 34.1 Å². The first kappa shape index (κ1) is 17.5. The molecule has 3 rings (SSSR count). The van der Waals surface area contributed by atoms with E-state index in [-0.39, 0.29) is 6.42 Å². The van der Waals surface area contributed by atoms with Crippen molar-refractivity contribution in [3.05, 3.63) is 0 Å². The minimum Gasteiger partial charge on any atom is -0.394 e. The van der Waals surface area contributed by atoms with Crippen LogP contribution >= 0.6 is 0 Å². The van der Waals surface area contributed by atoms with Crippen LogP contribution in [-0.4, -0.2) is 76.4 Å². The zero-order valence-electron chi connectivity index (χ0n) is 13.8. The summed E-state index contributed by atoms with van der Waals surface area (Å²) < 4.78 is 29.3. The maximum absolute atomic E-state index is 10.4. The lowest BCUT2D eigenvalue weighted by atomic mass is 9.93. The number of aliphatic hydroxyl groups excluding tert-OH is 3. The maximum atomic E-state index is 10.4. The summed E-state index contributed by atoms with van der Waals surface area (Å²) in [5, 5.41) is 29.0. The van der Waals surface area contributed by atoms with Crippen molar-refractivity contribution in [1.82, 2.24) is 0 Å². The normalized spacial score (nSPS) is 43.7. The Hall–Kier alpha value is -0.320. The molecule has 0 saturated carbocycles. The van der Waals surface area contributed by atoms with E-state index in [2.05, 4.69) is 0 Å². The van der Waals surface area contributed by atoms with E-state index in [9.17, 15) is 10.2 Å². The summed E-state index contributed by atoms with van der Waals surface area (Å²) in [4.78, 5) is 0. The van der Waals surface area contributed by atoms with Crippen molar-refractivity contribution in [1.29, 1.82) is 0 Å². The smallest absolute Gasteiger partial charge is 0.190 e. The predicted molar refractivity (Wildman–Crippen MR) is 76.2 cm³/mol. The van der Waals surface area contributed by atoms with E-state index in [4.69, 9.17) is 28.8 Å². The third-order valence-corrected chi connectivity index (χ3v) is 4.29. The van der Waals surface area contributed by atoms with Crippen LogP contribution in [0.2, 0.25) is 0 Å². The lowest BCUT2D eigenvalue weighted by molar-refractivity contribution is -0.254. The minimum absolute atomic E-state index is 0.0319. The van der Waals surface area contributed by atoms with E-state index in [1.165, 1.54) is 0 Å². The molecule has 134 valence electrons. The van der Waals surface area contributed by atoms with Crippen molar-refractivity contribution in [2.75, 3.05) is 6.61 Å². The molecule has 0 amide bonds. The average molecular weight is 334 g/mol. The first-order chi connectivity index (χ1) is 10.6. The van der Waals surface area contributed by atoms with Gasteiger partial charge in [-0.25, -0.2) is 0 Å². The first-order valence-electron chi connectivity index (χ1n) is 7.95. The van der Waals surface area contributed by atoms with Crippen molar-refractivity contribution in [2.45, 2.75) is 88.6 Å². The Kier molecular flexibility index (Phi) is 4.48. The molecule has 0 radical (unpaired) electrons. The van der Waals surface area contributed by atoms with E-state index in [1.807, 2.05) is 0 Å². The molecule has 3 saturated heterocycles. The molecule has 3 aliphatic heterocycles. The lowest BCUT2D eigenvalue weighted by Gasteiger charge is -2.39. The fraction of sp³-hybridized carbons (Fsp3) is 1.00. The van der Waals surface area contributed by atoms with Crippen LogP contribution in [0, 0.1) is 0 Å². The summed E-state index contributed by atoms with van der Waals surface area (Å²) in [5.74, 6) is -1.66. The monoisotopic (exact) mass is 334 g/mol. The minimum atomic E-state index is -1.03. The summed E-state index contributed by atoms with van der Waals surface area (Å²) in [6.45, 7) is 6.71. The molecule has 0 bridgehead atoms. The van der Waals surface area contributed by atoms with Crippen LogP contribution in [0.3, 0.4) is 0 Å². The molecule has 0 unspecified atom stereocenters. The Balaban J connectivity index is 1.81. The molecule has 0 aliphatic carbocycles. The summed E-state index contributed by atoms with van der Waals surface area (Å²) >= 11 is 0. The van der Waals surface area contributed by atoms with Gasteiger partial charge in [0.1, 0.15) is 24.4 Å². The highest BCUT2D eigenvalue weighted by molar-refractivity contribution is 5.02. The molecule has 0 aromatic heterocycles. The maximum Gasteiger partial charge on any atom is 0.190 e. The summed E-state index contributed by atoms with van der Waals surface area (Å²) in [6, 6.07) is 0. The van der Waals surface area contributed by atoms with Crippen LogP contribution in [0.4, 0.5) is 0 Å². The number of rotatable bonds is 4. The lowest BCUT2D eigenvalue weighted by Crippen LogP contribution is -2.58. The van der Waals surface area contributed by atoms with Crippen molar-refractivity contribution < 1.29 is 39.0 Å². The van der Waals surface area contributed by atoms with E-state index < -0.39 is 61.1 Å². The molecule has 0 spiro atoms. The van der Waals surface area contributed by atoms with Gasteiger partial charge in [0.05, 0.1) is 18.8 Å². The van der Waals surface area contributed by atoms with Crippen molar-refractivity contribution in [2.24, 2.45) is 0 Å². The number of aliphatic hydroxyl groups is 3. The standard InChI is InChI=1S/C15H26O8/c1-14(2)20-10-9(8(18)5-7(17)6-16)19-13-12(11(10)21-14)22-15(3,4)23-13/h7-13,16-18H,5-6H2,1-4H3/t7-,8+,9+,10-,11-,12+,13+/m0/s1. The van der Waals surface area contributed by atoms with Gasteiger partial charge in [0.25, 0.3) is 0 Å². The first-order valence-corrected chi connectivity index (χ1v) is 7.95. The zero-order chi connectivity index (χ0) is 17.0. The van der Waals surface area contributed by atoms with Crippen LogP contribution in [0.25, 0.3) is 0 Å². The van der Waals surface area contributed by atoms with Crippen LogP contribution in [0.5, 0.6) is 0 Å². The summed E-state index contributed by atoms with van der Waals surface area (Å²) in [6.07, 6.45) is -4.98.